The van der Waals surface area contributed by atoms with Gasteiger partial charge in [0.05, 0.1) is 34.9 Å². The highest BCUT2D eigenvalue weighted by Crippen LogP contribution is 2.46. The number of ether oxygens (including phenoxy) is 1. The number of hydrogen-bond donors (Lipinski definition) is 1. The molecule has 0 aromatic heterocycles. The molecule has 53 heavy (non-hydrogen) atoms. The smallest absolute Gasteiger partial charge is 0.335 e. The average Bonchev–Trinajstić information content (AvgIpc) is 3.95. The first-order valence-electron chi connectivity index (χ1n) is 17.3. The molecular formula is C39H35BrF4N2O6S. The van der Waals surface area contributed by atoms with E-state index in [1.54, 1.807) is 31.2 Å². The molecule has 0 unspecified atom stereocenters. The van der Waals surface area contributed by atoms with Crippen LogP contribution in [0, 0.1) is 30.2 Å². The van der Waals surface area contributed by atoms with Crippen LogP contribution in [0.15, 0.2) is 70.0 Å². The molecule has 3 aliphatic rings. The fraction of sp³-hybridized carbons (Fsp3) is 0.333. The van der Waals surface area contributed by atoms with Crippen LogP contribution in [0.3, 0.4) is 0 Å². The van der Waals surface area contributed by atoms with Crippen molar-refractivity contribution in [2.45, 2.75) is 81.4 Å². The van der Waals surface area contributed by atoms with Crippen molar-refractivity contribution in [3.63, 3.8) is 0 Å². The molecule has 0 saturated heterocycles. The van der Waals surface area contributed by atoms with E-state index in [2.05, 4.69) is 22.0 Å². The Kier molecular flexibility index (Phi) is 10.2. The maximum atomic E-state index is 15.3. The summed E-state index contributed by atoms with van der Waals surface area (Å²) in [4.78, 5) is 26.5. The number of carbonyl (C=O) groups is 2. The van der Waals surface area contributed by atoms with E-state index in [9.17, 15) is 36.3 Å². The summed E-state index contributed by atoms with van der Waals surface area (Å²) in [5, 5.41) is 9.77. The van der Waals surface area contributed by atoms with Crippen molar-refractivity contribution in [1.82, 2.24) is 4.31 Å². The molecule has 0 spiro atoms. The molecule has 0 radical (unpaired) electrons. The Bertz CT molecular complexity index is 2180. The number of hydrogen-bond acceptors (Lipinski definition) is 5. The van der Waals surface area contributed by atoms with E-state index < -0.39 is 67.6 Å². The molecule has 8 nitrogen and oxygen atoms in total. The lowest BCUT2D eigenvalue weighted by Gasteiger charge is -2.30. The number of carbonyl (C=O) groups excluding carboxylic acids is 1. The molecule has 14 heteroatoms. The summed E-state index contributed by atoms with van der Waals surface area (Å²) in [6, 6.07) is 16.9. The maximum absolute atomic E-state index is 15.3. The average molecular weight is 816 g/mol. The Hall–Kier alpha value is -4.27. The van der Waals surface area contributed by atoms with E-state index in [1.807, 2.05) is 12.1 Å². The second kappa shape index (κ2) is 14.5. The number of anilines is 1. The van der Waals surface area contributed by atoms with Gasteiger partial charge in [-0.1, -0.05) is 42.5 Å². The number of carboxylic acid groups (broad SMARTS) is 1. The van der Waals surface area contributed by atoms with Gasteiger partial charge in [-0.05, 0) is 119 Å². The minimum Gasteiger partial charge on any atom is -0.488 e. The first-order valence-corrected chi connectivity index (χ1v) is 19.5. The summed E-state index contributed by atoms with van der Waals surface area (Å²) in [6.07, 6.45) is 5.36. The molecule has 1 N–H and O–H groups in total. The molecule has 0 heterocycles. The number of benzene rings is 4. The maximum Gasteiger partial charge on any atom is 0.335 e. The lowest BCUT2D eigenvalue weighted by molar-refractivity contribution is -0.119. The van der Waals surface area contributed by atoms with Crippen molar-refractivity contribution in [2.75, 3.05) is 11.4 Å². The Morgan fingerprint density at radius 2 is 1.45 bits per heavy atom. The van der Waals surface area contributed by atoms with Gasteiger partial charge in [0.25, 0.3) is 0 Å². The van der Waals surface area contributed by atoms with Crippen LogP contribution < -0.4 is 9.64 Å². The van der Waals surface area contributed by atoms with Crippen LogP contribution in [0.4, 0.5) is 23.2 Å². The minimum absolute atomic E-state index is 0.0668. The lowest BCUT2D eigenvalue weighted by atomic mass is 9.99. The molecule has 1 amide bonds. The summed E-state index contributed by atoms with van der Waals surface area (Å²) >= 11 is 2.61. The van der Waals surface area contributed by atoms with Crippen molar-refractivity contribution in [3.8, 4) is 5.75 Å². The Morgan fingerprint density at radius 3 is 2.04 bits per heavy atom. The molecule has 278 valence electrons. The number of sulfonamides is 1. The second-order valence-corrected chi connectivity index (χ2v) is 16.6. The topological polar surface area (TPSA) is 104 Å². The van der Waals surface area contributed by atoms with Gasteiger partial charge in [-0.25, -0.2) is 30.8 Å². The molecule has 3 saturated carbocycles. The number of aryl methyl sites for hydroxylation is 1. The van der Waals surface area contributed by atoms with Gasteiger partial charge in [0, 0.05) is 6.54 Å². The Balaban J connectivity index is 1.34. The van der Waals surface area contributed by atoms with Crippen LogP contribution in [0.25, 0.3) is 0 Å². The third-order valence-corrected chi connectivity index (χ3v) is 12.6. The Labute approximate surface area is 312 Å². The first kappa shape index (κ1) is 37.1. The largest absolute Gasteiger partial charge is 0.488 e. The number of carboxylic acids is 1. The number of aromatic carboxylic acids is 1. The van der Waals surface area contributed by atoms with Gasteiger partial charge in [0.15, 0.2) is 23.3 Å². The van der Waals surface area contributed by atoms with Crippen LogP contribution in [-0.2, 0) is 27.9 Å². The molecule has 7 rings (SSSR count). The number of halogens is 5. The van der Waals surface area contributed by atoms with Crippen LogP contribution in [0.1, 0.15) is 88.5 Å². The molecular weight excluding hydrogens is 780 g/mol. The predicted molar refractivity (Wildman–Crippen MR) is 191 cm³/mol. The third-order valence-electron chi connectivity index (χ3n) is 9.78. The highest BCUT2D eigenvalue weighted by Gasteiger charge is 2.39. The van der Waals surface area contributed by atoms with Crippen molar-refractivity contribution in [3.05, 3.63) is 122 Å². The van der Waals surface area contributed by atoms with Crippen LogP contribution in [-0.4, -0.2) is 42.4 Å². The fourth-order valence-corrected chi connectivity index (χ4v) is 8.78. The molecule has 3 fully saturated rings. The van der Waals surface area contributed by atoms with Gasteiger partial charge >= 0.3 is 5.97 Å². The monoisotopic (exact) mass is 814 g/mol. The van der Waals surface area contributed by atoms with E-state index >= 15 is 4.39 Å². The van der Waals surface area contributed by atoms with Gasteiger partial charge in [0.1, 0.15) is 10.6 Å². The molecule has 3 aliphatic carbocycles. The van der Waals surface area contributed by atoms with Crippen molar-refractivity contribution < 1.29 is 45.4 Å². The first-order chi connectivity index (χ1) is 25.2. The zero-order valence-corrected chi connectivity index (χ0v) is 31.0. The molecule has 4 aromatic rings. The quantitative estimate of drug-likeness (QED) is 0.0776. The Morgan fingerprint density at radius 1 is 0.830 bits per heavy atom. The SMILES string of the molecule is Cc1ccccc1CN(CC(=O)N(Cc1cc(C2CC2)cc(C2CC2)c1)c1ccc(C(=O)O)cc1OC1CC1)S(=O)(=O)c1c(F)c(F)c(F)c(F)c1Br. The summed E-state index contributed by atoms with van der Waals surface area (Å²) in [7, 11) is -5.27. The zero-order valence-electron chi connectivity index (χ0n) is 28.6. The van der Waals surface area contributed by atoms with Gasteiger partial charge in [-0.15, -0.1) is 0 Å². The van der Waals surface area contributed by atoms with E-state index in [1.165, 1.54) is 23.1 Å². The standard InChI is InChI=1S/C39H35BrF4N2O6S/c1-21-4-2-3-5-26(21)19-45(53(50,51)38-33(40)34(41)35(42)36(43)37(38)44)20-32(47)46(30-13-10-25(39(48)49)17-31(30)52-29-11-12-29)18-22-14-27(23-6-7-23)16-28(15-22)24-8-9-24/h2-5,10,13-17,23-24,29H,6-9,11-12,18-20H2,1H3,(H,48,49). The van der Waals surface area contributed by atoms with Crippen molar-refractivity contribution in [2.24, 2.45) is 0 Å². The van der Waals surface area contributed by atoms with Gasteiger partial charge in [-0.3, -0.25) is 4.79 Å². The lowest BCUT2D eigenvalue weighted by Crippen LogP contribution is -2.43. The minimum atomic E-state index is -5.27. The number of rotatable bonds is 14. The van der Waals surface area contributed by atoms with E-state index in [0.717, 1.165) is 42.4 Å². The summed E-state index contributed by atoms with van der Waals surface area (Å²) in [5.41, 5.74) is 4.14. The van der Waals surface area contributed by atoms with Crippen molar-refractivity contribution in [1.29, 1.82) is 0 Å². The molecule has 4 aromatic carbocycles. The van der Waals surface area contributed by atoms with Gasteiger partial charge in [-0.2, -0.15) is 4.31 Å². The normalized spacial score (nSPS) is 15.8. The van der Waals surface area contributed by atoms with Crippen molar-refractivity contribution >= 4 is 43.5 Å². The van der Waals surface area contributed by atoms with E-state index in [0.29, 0.717) is 40.1 Å². The summed E-state index contributed by atoms with van der Waals surface area (Å²) in [6.45, 7) is 0.151. The molecule has 0 bridgehead atoms. The van der Waals surface area contributed by atoms with Crippen LogP contribution >= 0.6 is 15.9 Å². The highest BCUT2D eigenvalue weighted by molar-refractivity contribution is 9.10. The van der Waals surface area contributed by atoms with Crippen LogP contribution in [0.5, 0.6) is 5.75 Å². The molecule has 0 atom stereocenters. The number of nitrogens with zero attached hydrogens (tertiary/aromatic N) is 2. The fourth-order valence-electron chi connectivity index (χ4n) is 6.34. The van der Waals surface area contributed by atoms with Crippen LogP contribution in [0.2, 0.25) is 0 Å². The number of amides is 1. The summed E-state index contributed by atoms with van der Waals surface area (Å²) < 4.78 is 93.0. The van der Waals surface area contributed by atoms with E-state index in [-0.39, 0.29) is 29.6 Å². The highest BCUT2D eigenvalue weighted by atomic mass is 79.9. The molecule has 0 aliphatic heterocycles. The third kappa shape index (κ3) is 7.85. The second-order valence-electron chi connectivity index (χ2n) is 13.9. The predicted octanol–water partition coefficient (Wildman–Crippen LogP) is 8.73. The van der Waals surface area contributed by atoms with Gasteiger partial charge < -0.3 is 14.7 Å². The van der Waals surface area contributed by atoms with E-state index in [4.69, 9.17) is 4.74 Å². The summed E-state index contributed by atoms with van der Waals surface area (Å²) in [5.74, 6) is -9.79. The zero-order chi connectivity index (χ0) is 37.8. The van der Waals surface area contributed by atoms with Gasteiger partial charge in [0.2, 0.25) is 15.9 Å².